The zero-order chi connectivity index (χ0) is 13.9. The minimum Gasteiger partial charge on any atom is -0.339 e. The van der Waals surface area contributed by atoms with Gasteiger partial charge in [0.1, 0.15) is 0 Å². The maximum Gasteiger partial charge on any atom is 0.230 e. The van der Waals surface area contributed by atoms with Gasteiger partial charge in [0.25, 0.3) is 0 Å². The van der Waals surface area contributed by atoms with Crippen molar-refractivity contribution in [3.05, 3.63) is 0 Å². The second-order valence-electron chi connectivity index (χ2n) is 8.63. The highest BCUT2D eigenvalue weighted by atomic mass is 35.5. The van der Waals surface area contributed by atoms with Crippen LogP contribution in [0.3, 0.4) is 0 Å². The Morgan fingerprint density at radius 3 is 2.50 bits per heavy atom. The molecule has 0 aromatic heterocycles. The summed E-state index contributed by atoms with van der Waals surface area (Å²) in [5.74, 6) is 0.406. The third-order valence-electron chi connectivity index (χ3n) is 5.56. The lowest BCUT2D eigenvalue weighted by Gasteiger charge is -2.40. The molecule has 1 N–H and O–H groups in total. The first-order valence-corrected chi connectivity index (χ1v) is 7.75. The molecule has 3 nitrogen and oxygen atoms in total. The molecule has 2 aliphatic heterocycles. The molecule has 20 heavy (non-hydrogen) atoms. The molecule has 1 saturated carbocycles. The standard InChI is InChI=1S/C16H28N2O.ClH/c1-14(2)7-12-8-15(3,9-14)11-18(12)13(19)16(4)5-6-17-10-16;/h12,17H,5-11H2,1-4H3;1H. The maximum atomic E-state index is 13.0. The van der Waals surface area contributed by atoms with Crippen LogP contribution in [0.25, 0.3) is 0 Å². The third-order valence-corrected chi connectivity index (χ3v) is 5.56. The van der Waals surface area contributed by atoms with Crippen molar-refractivity contribution in [2.75, 3.05) is 19.6 Å². The first-order valence-electron chi connectivity index (χ1n) is 7.75. The van der Waals surface area contributed by atoms with E-state index in [1.54, 1.807) is 0 Å². The lowest BCUT2D eigenvalue weighted by molar-refractivity contribution is -0.141. The summed E-state index contributed by atoms with van der Waals surface area (Å²) in [5, 5.41) is 3.36. The summed E-state index contributed by atoms with van der Waals surface area (Å²) >= 11 is 0. The van der Waals surface area contributed by atoms with Crippen molar-refractivity contribution in [3.8, 4) is 0 Å². The van der Waals surface area contributed by atoms with E-state index in [0.717, 1.165) is 26.1 Å². The van der Waals surface area contributed by atoms with Gasteiger partial charge >= 0.3 is 0 Å². The van der Waals surface area contributed by atoms with Crippen molar-refractivity contribution < 1.29 is 4.79 Å². The third kappa shape index (κ3) is 2.59. The maximum absolute atomic E-state index is 13.0. The molecule has 3 rings (SSSR count). The zero-order valence-electron chi connectivity index (χ0n) is 13.3. The minimum atomic E-state index is -0.155. The summed E-state index contributed by atoms with van der Waals surface area (Å²) in [5.41, 5.74) is 0.587. The van der Waals surface area contributed by atoms with Crippen LogP contribution in [-0.2, 0) is 4.79 Å². The fraction of sp³-hybridized carbons (Fsp3) is 0.938. The minimum absolute atomic E-state index is 0. The SMILES string of the molecule is CC1(C)CC2CC(C)(CN2C(=O)C2(C)CCNC2)C1.Cl. The first kappa shape index (κ1) is 16.1. The molecule has 0 radical (unpaired) electrons. The second kappa shape index (κ2) is 4.88. The molecule has 2 saturated heterocycles. The molecule has 116 valence electrons. The number of amides is 1. The van der Waals surface area contributed by atoms with E-state index >= 15 is 0 Å². The highest BCUT2D eigenvalue weighted by Crippen LogP contribution is 2.53. The van der Waals surface area contributed by atoms with Gasteiger partial charge in [-0.25, -0.2) is 0 Å². The van der Waals surface area contributed by atoms with Gasteiger partial charge in [0.2, 0.25) is 5.91 Å². The molecular weight excluding hydrogens is 272 g/mol. The molecule has 3 aliphatic rings. The number of rotatable bonds is 1. The Hall–Kier alpha value is -0.280. The number of hydrogen-bond acceptors (Lipinski definition) is 2. The van der Waals surface area contributed by atoms with Crippen LogP contribution in [0.1, 0.15) is 53.4 Å². The lowest BCUT2D eigenvalue weighted by Crippen LogP contribution is -2.46. The van der Waals surface area contributed by atoms with E-state index in [9.17, 15) is 4.79 Å². The summed E-state index contributed by atoms with van der Waals surface area (Å²) in [6.07, 6.45) is 4.65. The summed E-state index contributed by atoms with van der Waals surface area (Å²) in [4.78, 5) is 15.2. The first-order chi connectivity index (χ1) is 8.73. The van der Waals surface area contributed by atoms with Gasteiger partial charge in [0.05, 0.1) is 5.41 Å². The lowest BCUT2D eigenvalue weighted by atomic mass is 9.65. The van der Waals surface area contributed by atoms with Gasteiger partial charge in [-0.2, -0.15) is 0 Å². The zero-order valence-corrected chi connectivity index (χ0v) is 14.1. The molecule has 1 amide bonds. The quantitative estimate of drug-likeness (QED) is 0.807. The smallest absolute Gasteiger partial charge is 0.230 e. The number of likely N-dealkylation sites (tertiary alicyclic amines) is 1. The van der Waals surface area contributed by atoms with E-state index in [2.05, 4.69) is 37.9 Å². The Morgan fingerprint density at radius 1 is 1.20 bits per heavy atom. The summed E-state index contributed by atoms with van der Waals surface area (Å²) < 4.78 is 0. The number of carbonyl (C=O) groups is 1. The number of hydrogen-bond donors (Lipinski definition) is 1. The van der Waals surface area contributed by atoms with Gasteiger partial charge in [-0.3, -0.25) is 4.79 Å². The predicted octanol–water partition coefficient (Wildman–Crippen LogP) is 2.84. The summed E-state index contributed by atoms with van der Waals surface area (Å²) in [6, 6.07) is 0.485. The van der Waals surface area contributed by atoms with Crippen molar-refractivity contribution >= 4 is 18.3 Å². The number of carbonyl (C=O) groups excluding carboxylic acids is 1. The number of nitrogens with zero attached hydrogens (tertiary/aromatic N) is 1. The van der Waals surface area contributed by atoms with Crippen molar-refractivity contribution in [1.29, 1.82) is 0 Å². The van der Waals surface area contributed by atoms with Crippen molar-refractivity contribution in [2.24, 2.45) is 16.2 Å². The molecule has 0 aromatic rings. The van der Waals surface area contributed by atoms with Crippen molar-refractivity contribution in [2.45, 2.75) is 59.4 Å². The van der Waals surface area contributed by atoms with E-state index in [1.807, 2.05) is 0 Å². The predicted molar refractivity (Wildman–Crippen MR) is 84.1 cm³/mol. The van der Waals surface area contributed by atoms with Crippen molar-refractivity contribution in [1.82, 2.24) is 10.2 Å². The van der Waals surface area contributed by atoms with Gasteiger partial charge < -0.3 is 10.2 Å². The molecule has 1 aliphatic carbocycles. The van der Waals surface area contributed by atoms with E-state index in [1.165, 1.54) is 19.3 Å². The molecule has 0 aromatic carbocycles. The Balaban J connectivity index is 0.00000147. The Kier molecular flexibility index (Phi) is 3.92. The molecule has 2 bridgehead atoms. The Labute approximate surface area is 129 Å². The van der Waals surface area contributed by atoms with Crippen LogP contribution in [0, 0.1) is 16.2 Å². The van der Waals surface area contributed by atoms with Crippen LogP contribution < -0.4 is 5.32 Å². The van der Waals surface area contributed by atoms with Crippen molar-refractivity contribution in [3.63, 3.8) is 0 Å². The highest BCUT2D eigenvalue weighted by molar-refractivity contribution is 5.85. The molecule has 3 fully saturated rings. The van der Waals surface area contributed by atoms with Crippen LogP contribution in [0.5, 0.6) is 0 Å². The number of halogens is 1. The number of fused-ring (bicyclic) bond motifs is 2. The van der Waals surface area contributed by atoms with Crippen LogP contribution in [-0.4, -0.2) is 36.5 Å². The van der Waals surface area contributed by atoms with E-state index in [0.29, 0.717) is 22.8 Å². The van der Waals surface area contributed by atoms with Gasteiger partial charge in [0, 0.05) is 19.1 Å². The highest BCUT2D eigenvalue weighted by Gasteiger charge is 2.53. The van der Waals surface area contributed by atoms with E-state index in [4.69, 9.17) is 0 Å². The van der Waals surface area contributed by atoms with E-state index in [-0.39, 0.29) is 17.8 Å². The molecule has 0 spiro atoms. The molecule has 4 heteroatoms. The van der Waals surface area contributed by atoms with Crippen LogP contribution >= 0.6 is 12.4 Å². The van der Waals surface area contributed by atoms with Gasteiger partial charge in [-0.15, -0.1) is 12.4 Å². The normalized spacial score (nSPS) is 42.4. The topological polar surface area (TPSA) is 32.3 Å². The average molecular weight is 301 g/mol. The molecule has 3 atom stereocenters. The van der Waals surface area contributed by atoms with Gasteiger partial charge in [-0.05, 0) is 50.0 Å². The van der Waals surface area contributed by atoms with Gasteiger partial charge in [-0.1, -0.05) is 20.8 Å². The largest absolute Gasteiger partial charge is 0.339 e. The summed E-state index contributed by atoms with van der Waals surface area (Å²) in [6.45, 7) is 12.1. The Morgan fingerprint density at radius 2 is 1.90 bits per heavy atom. The molecule has 3 unspecified atom stereocenters. The molecule has 2 heterocycles. The van der Waals surface area contributed by atoms with E-state index < -0.39 is 0 Å². The Bertz CT molecular complexity index is 403. The van der Waals surface area contributed by atoms with Crippen LogP contribution in [0.15, 0.2) is 0 Å². The van der Waals surface area contributed by atoms with Crippen LogP contribution in [0.2, 0.25) is 0 Å². The number of nitrogens with one attached hydrogen (secondary N) is 1. The second-order valence-corrected chi connectivity index (χ2v) is 8.63. The fourth-order valence-electron chi connectivity index (χ4n) is 5.04. The monoisotopic (exact) mass is 300 g/mol. The van der Waals surface area contributed by atoms with Gasteiger partial charge in [0.15, 0.2) is 0 Å². The van der Waals surface area contributed by atoms with Crippen LogP contribution in [0.4, 0.5) is 0 Å². The summed E-state index contributed by atoms with van der Waals surface area (Å²) in [7, 11) is 0. The fourth-order valence-corrected chi connectivity index (χ4v) is 5.04. The average Bonchev–Trinajstić information content (AvgIpc) is 2.79. The molecular formula is C16H29ClN2O.